The van der Waals surface area contributed by atoms with Crippen LogP contribution in [-0.4, -0.2) is 0 Å². The minimum atomic E-state index is -5.42. The summed E-state index contributed by atoms with van der Waals surface area (Å²) >= 11 is -5.42. The van der Waals surface area contributed by atoms with Crippen molar-refractivity contribution in [3.63, 3.8) is 0 Å². The molecule has 0 heterocycles. The Hall–Kier alpha value is -6.33. The van der Waals surface area contributed by atoms with Gasteiger partial charge in [0.2, 0.25) is 0 Å². The van der Waals surface area contributed by atoms with Crippen molar-refractivity contribution in [3.05, 3.63) is 263 Å². The fourth-order valence-corrected chi connectivity index (χ4v) is 12.2. The third-order valence-corrected chi connectivity index (χ3v) is 16.1. The third kappa shape index (κ3) is 9.43. The molecule has 0 aliphatic carbocycles. The van der Waals surface area contributed by atoms with E-state index < -0.39 is 39.8 Å². The van der Waals surface area contributed by atoms with Gasteiger partial charge >= 0.3 is 394 Å². The van der Waals surface area contributed by atoms with E-state index in [0.29, 0.717) is 23.0 Å². The number of hydrogen-bond donors (Lipinski definition) is 0. The maximum absolute atomic E-state index is 7.69. The Labute approximate surface area is 392 Å². The van der Waals surface area contributed by atoms with Crippen LogP contribution in [0.4, 0.5) is 0 Å². The van der Waals surface area contributed by atoms with Crippen molar-refractivity contribution in [3.8, 4) is 23.0 Å². The summed E-state index contributed by atoms with van der Waals surface area (Å²) in [5, 5.41) is 0. The van der Waals surface area contributed by atoms with Crippen molar-refractivity contribution in [1.82, 2.24) is 0 Å². The molecule has 8 aromatic rings. The fourth-order valence-electron chi connectivity index (χ4n) is 8.99. The molecule has 328 valence electrons. The molecule has 0 fully saturated rings. The van der Waals surface area contributed by atoms with E-state index in [4.69, 9.17) is 13.3 Å². The fraction of sp³-hybridized carbons (Fsp3) is 0.200. The first-order chi connectivity index (χ1) is 31.2. The Morgan fingerprint density at radius 3 is 0.600 bits per heavy atom. The van der Waals surface area contributed by atoms with E-state index in [1.54, 1.807) is 0 Å². The van der Waals surface area contributed by atoms with Crippen molar-refractivity contribution in [1.29, 1.82) is 0 Å². The second kappa shape index (κ2) is 18.6. The van der Waals surface area contributed by atoms with E-state index >= 15 is 0 Å². The van der Waals surface area contributed by atoms with Crippen molar-refractivity contribution in [2.75, 3.05) is 0 Å². The Morgan fingerprint density at radius 2 is 0.400 bits per heavy atom. The number of hydrogen-bond acceptors (Lipinski definition) is 4. The zero-order chi connectivity index (χ0) is 45.7. The quantitative estimate of drug-likeness (QED) is 0.0906. The van der Waals surface area contributed by atoms with Gasteiger partial charge in [-0.15, -0.1) is 0 Å². The summed E-state index contributed by atoms with van der Waals surface area (Å²) in [7, 11) is 0. The predicted molar refractivity (Wildman–Crippen MR) is 263 cm³/mol. The molecule has 0 aliphatic heterocycles. The van der Waals surface area contributed by atoms with Crippen LogP contribution >= 0.6 is 0 Å². The average molecular weight is 893 g/mol. The van der Waals surface area contributed by atoms with Gasteiger partial charge in [-0.2, -0.15) is 0 Å². The molecule has 8 rings (SSSR count). The molecule has 8 aromatic carbocycles. The van der Waals surface area contributed by atoms with Gasteiger partial charge in [0.1, 0.15) is 0 Å². The monoisotopic (exact) mass is 892 g/mol. The number of para-hydroxylation sites is 4. The van der Waals surface area contributed by atoms with Crippen LogP contribution in [0, 0.1) is 0 Å². The van der Waals surface area contributed by atoms with Gasteiger partial charge in [-0.3, -0.25) is 0 Å². The van der Waals surface area contributed by atoms with Gasteiger partial charge in [0.25, 0.3) is 0 Å². The number of rotatable bonds is 16. The van der Waals surface area contributed by atoms with E-state index in [-0.39, 0.29) is 0 Å². The number of benzene rings is 8. The molecule has 0 N–H and O–H groups in total. The van der Waals surface area contributed by atoms with Crippen molar-refractivity contribution in [2.24, 2.45) is 0 Å². The summed E-state index contributed by atoms with van der Waals surface area (Å²) in [4.78, 5) is 0. The van der Waals surface area contributed by atoms with Gasteiger partial charge in [-0.05, 0) is 0 Å². The van der Waals surface area contributed by atoms with E-state index in [1.165, 1.54) is 0 Å². The molecule has 0 aliphatic rings. The summed E-state index contributed by atoms with van der Waals surface area (Å²) < 4.78 is 30.8. The molecule has 0 atom stereocenters. The van der Waals surface area contributed by atoms with Crippen molar-refractivity contribution >= 4 is 0 Å². The van der Waals surface area contributed by atoms with Crippen LogP contribution in [0.2, 0.25) is 0 Å². The van der Waals surface area contributed by atoms with E-state index in [9.17, 15) is 0 Å². The molecular formula is C60H60O4Ti. The van der Waals surface area contributed by atoms with Gasteiger partial charge in [-0.25, -0.2) is 0 Å². The Balaban J connectivity index is 1.39. The first kappa shape index (κ1) is 45.3. The molecule has 5 heteroatoms. The van der Waals surface area contributed by atoms with Crippen LogP contribution in [-0.2, 0) is 39.8 Å². The Kier molecular flexibility index (Phi) is 13.0. The van der Waals surface area contributed by atoms with Gasteiger partial charge in [-0.1, -0.05) is 0 Å². The molecule has 0 unspecified atom stereocenters. The van der Waals surface area contributed by atoms with E-state index in [0.717, 1.165) is 44.5 Å². The van der Waals surface area contributed by atoms with Crippen LogP contribution in [0.3, 0.4) is 0 Å². The van der Waals surface area contributed by atoms with Crippen molar-refractivity contribution < 1.29 is 31.4 Å². The first-order valence-corrected chi connectivity index (χ1v) is 25.1. The molecule has 0 spiro atoms. The van der Waals surface area contributed by atoms with Gasteiger partial charge < -0.3 is 0 Å². The zero-order valence-corrected chi connectivity index (χ0v) is 40.5. The zero-order valence-electron chi connectivity index (χ0n) is 38.9. The second-order valence-corrected chi connectivity index (χ2v) is 21.7. The molecule has 0 radical (unpaired) electrons. The molecule has 4 nitrogen and oxygen atoms in total. The normalized spacial score (nSPS) is 12.3. The minimum absolute atomic E-state index is 0.473. The summed E-state index contributed by atoms with van der Waals surface area (Å²) in [6.07, 6.45) is 0. The van der Waals surface area contributed by atoms with Crippen LogP contribution < -0.4 is 13.3 Å². The van der Waals surface area contributed by atoms with E-state index in [1.807, 2.05) is 48.5 Å². The van der Waals surface area contributed by atoms with Gasteiger partial charge in [0, 0.05) is 0 Å². The summed E-state index contributed by atoms with van der Waals surface area (Å²) in [5.41, 5.74) is 6.62. The summed E-state index contributed by atoms with van der Waals surface area (Å²) in [6, 6.07) is 75.2. The third-order valence-electron chi connectivity index (χ3n) is 13.2. The molecule has 0 amide bonds. The topological polar surface area (TPSA) is 36.9 Å². The van der Waals surface area contributed by atoms with Crippen molar-refractivity contribution in [2.45, 2.75) is 77.0 Å². The van der Waals surface area contributed by atoms with Gasteiger partial charge in [0.05, 0.1) is 0 Å². The Bertz CT molecular complexity index is 2420. The molecular weight excluding hydrogens is 833 g/mol. The molecule has 0 saturated heterocycles. The maximum atomic E-state index is 7.69. The Morgan fingerprint density at radius 1 is 0.231 bits per heavy atom. The molecule has 0 aromatic heterocycles. The second-order valence-electron chi connectivity index (χ2n) is 18.9. The van der Waals surface area contributed by atoms with Crippen LogP contribution in [0.5, 0.6) is 23.0 Å². The first-order valence-electron chi connectivity index (χ1n) is 22.6. The predicted octanol–water partition coefficient (Wildman–Crippen LogP) is 15.4. The molecule has 65 heavy (non-hydrogen) atoms. The standard InChI is InChI=1S/4C15H16O.Ti/c4*1-15(2,12-8-4-3-5-9-12)13-10-6-7-11-14(13)16;/h4*3-11,16H,1-2H3;/q;;;;+4/p-4. The molecule has 0 bridgehead atoms. The van der Waals surface area contributed by atoms with Crippen LogP contribution in [0.1, 0.15) is 99.9 Å². The average Bonchev–Trinajstić information content (AvgIpc) is 3.33. The summed E-state index contributed by atoms with van der Waals surface area (Å²) in [5.74, 6) is 2.50. The van der Waals surface area contributed by atoms with E-state index in [2.05, 4.69) is 225 Å². The summed E-state index contributed by atoms with van der Waals surface area (Å²) in [6.45, 7) is 17.8. The van der Waals surface area contributed by atoms with Crippen LogP contribution in [0.15, 0.2) is 218 Å². The van der Waals surface area contributed by atoms with Gasteiger partial charge in [0.15, 0.2) is 0 Å². The SMILES string of the molecule is CC(C)(c1ccccc1)c1ccccc1[O][Ti]([O]c1ccccc1C(C)(C)c1ccccc1)([O]c1ccccc1C(C)(C)c1ccccc1)[O]c1ccccc1C(C)(C)c1ccccc1. The van der Waals surface area contributed by atoms with Crippen LogP contribution in [0.25, 0.3) is 0 Å². The molecule has 0 saturated carbocycles.